The predicted octanol–water partition coefficient (Wildman–Crippen LogP) is 4.89. The summed E-state index contributed by atoms with van der Waals surface area (Å²) in [6.07, 6.45) is -1.15. The number of nitrogens with two attached hydrogens (primary N) is 1. The molecule has 0 radical (unpaired) electrons. The number of hydrogen-bond donors (Lipinski definition) is 3. The number of alkyl halides is 3. The number of allylic oxidation sites excluding steroid dienone is 3. The van der Waals surface area contributed by atoms with E-state index in [9.17, 15) is 13.2 Å². The minimum absolute atomic E-state index is 0.0804. The minimum Gasteiger partial charge on any atom is -0.393 e. The fourth-order valence-corrected chi connectivity index (χ4v) is 5.76. The first-order chi connectivity index (χ1) is 21.1. The van der Waals surface area contributed by atoms with Crippen LogP contribution in [0.5, 0.6) is 0 Å². The van der Waals surface area contributed by atoms with Crippen molar-refractivity contribution in [2.45, 2.75) is 12.7 Å². The third-order valence-electron chi connectivity index (χ3n) is 8.20. The summed E-state index contributed by atoms with van der Waals surface area (Å²) in [4.78, 5) is 9.40. The number of rotatable bonds is 12. The van der Waals surface area contributed by atoms with E-state index in [1.54, 1.807) is 7.05 Å². The Bertz CT molecular complexity index is 1330. The maximum atomic E-state index is 14.1. The van der Waals surface area contributed by atoms with E-state index in [1.165, 1.54) is 11.8 Å². The molecule has 2 aromatic carbocycles. The van der Waals surface area contributed by atoms with Crippen molar-refractivity contribution in [1.82, 2.24) is 20.0 Å². The van der Waals surface area contributed by atoms with Crippen LogP contribution in [0.15, 0.2) is 90.8 Å². The lowest BCUT2D eigenvalue weighted by Gasteiger charge is -2.35. The average Bonchev–Trinajstić information content (AvgIpc) is 3.00. The number of nitrogens with zero attached hydrogens (tertiary/aromatic N) is 4. The third-order valence-corrected chi connectivity index (χ3v) is 8.20. The van der Waals surface area contributed by atoms with Crippen LogP contribution >= 0.6 is 0 Å². The standard InChI is InChI=1S/C34H46F3N7/c1-5-7-31(34(35,36)37)30(24-39-3)26(2)40-32-23-29(10-11-33(32)44-20-14-41(4)15-21-44)28-9-6-8-27(22-28)25-43-18-16-42(13-12-38)17-19-43/h5-11,22-24,39-40H,1-2,12-21,25,38H2,3-4H3/b30-24-,31-7+. The van der Waals surface area contributed by atoms with Gasteiger partial charge in [0.05, 0.1) is 16.9 Å². The van der Waals surface area contributed by atoms with Gasteiger partial charge in [0.1, 0.15) is 0 Å². The molecule has 0 unspecified atom stereocenters. The molecule has 0 saturated carbocycles. The molecule has 0 aliphatic carbocycles. The monoisotopic (exact) mass is 609 g/mol. The van der Waals surface area contributed by atoms with Crippen molar-refractivity contribution in [1.29, 1.82) is 0 Å². The first kappa shape index (κ1) is 33.3. The van der Waals surface area contributed by atoms with E-state index in [0.29, 0.717) is 12.2 Å². The van der Waals surface area contributed by atoms with Gasteiger partial charge in [-0.1, -0.05) is 43.5 Å². The Balaban J connectivity index is 1.63. The number of anilines is 2. The summed E-state index contributed by atoms with van der Waals surface area (Å²) < 4.78 is 42.2. The van der Waals surface area contributed by atoms with Crippen molar-refractivity contribution in [2.24, 2.45) is 5.73 Å². The van der Waals surface area contributed by atoms with E-state index in [4.69, 9.17) is 5.73 Å². The molecular weight excluding hydrogens is 563 g/mol. The maximum absolute atomic E-state index is 14.1. The maximum Gasteiger partial charge on any atom is 0.417 e. The van der Waals surface area contributed by atoms with Gasteiger partial charge in [0, 0.05) is 96.5 Å². The molecule has 0 aromatic heterocycles. The van der Waals surface area contributed by atoms with E-state index >= 15 is 0 Å². The Labute approximate surface area is 260 Å². The second kappa shape index (κ2) is 15.4. The molecule has 2 fully saturated rings. The quantitative estimate of drug-likeness (QED) is 0.297. The highest BCUT2D eigenvalue weighted by Gasteiger charge is 2.36. The van der Waals surface area contributed by atoms with Crippen LogP contribution in [-0.4, -0.2) is 100 Å². The highest BCUT2D eigenvalue weighted by molar-refractivity contribution is 5.80. The van der Waals surface area contributed by atoms with E-state index in [-0.39, 0.29) is 11.3 Å². The molecule has 10 heteroatoms. The molecular formula is C34H46F3N7. The molecule has 2 aliphatic heterocycles. The number of piperazine rings is 2. The van der Waals surface area contributed by atoms with Crippen LogP contribution in [0.1, 0.15) is 5.56 Å². The van der Waals surface area contributed by atoms with Gasteiger partial charge in [0.25, 0.3) is 0 Å². The van der Waals surface area contributed by atoms with E-state index < -0.39 is 11.7 Å². The minimum atomic E-state index is -4.58. The van der Waals surface area contributed by atoms with Gasteiger partial charge in [0.15, 0.2) is 0 Å². The molecule has 2 aromatic rings. The van der Waals surface area contributed by atoms with Gasteiger partial charge in [0.2, 0.25) is 0 Å². The Morgan fingerprint density at radius 1 is 0.955 bits per heavy atom. The zero-order valence-corrected chi connectivity index (χ0v) is 26.0. The summed E-state index contributed by atoms with van der Waals surface area (Å²) in [5.74, 6) is 0. The van der Waals surface area contributed by atoms with Crippen molar-refractivity contribution in [3.8, 4) is 11.1 Å². The molecule has 2 saturated heterocycles. The average molecular weight is 610 g/mol. The molecule has 238 valence electrons. The van der Waals surface area contributed by atoms with Gasteiger partial charge in [-0.3, -0.25) is 9.80 Å². The van der Waals surface area contributed by atoms with Crippen molar-refractivity contribution in [3.05, 3.63) is 96.4 Å². The first-order valence-corrected chi connectivity index (χ1v) is 15.2. The molecule has 0 amide bonds. The van der Waals surface area contributed by atoms with Gasteiger partial charge in [-0.15, -0.1) is 0 Å². The normalized spacial score (nSPS) is 17.9. The fraction of sp³-hybridized carbons (Fsp3) is 0.412. The lowest BCUT2D eigenvalue weighted by atomic mass is 10.00. The van der Waals surface area contributed by atoms with Crippen LogP contribution in [0.3, 0.4) is 0 Å². The molecule has 2 aliphatic rings. The third kappa shape index (κ3) is 8.75. The number of benzene rings is 2. The zero-order valence-electron chi connectivity index (χ0n) is 26.0. The van der Waals surface area contributed by atoms with Crippen LogP contribution in [0.4, 0.5) is 24.5 Å². The second-order valence-corrected chi connectivity index (χ2v) is 11.4. The SMILES string of the molecule is C=C/C=C(\C(=C/NC)C(=C)Nc1cc(-c2cccc(CN3CCN(CCN)CC3)c2)ccc1N1CCN(C)CC1)C(F)(F)F. The topological polar surface area (TPSA) is 63.0 Å². The summed E-state index contributed by atoms with van der Waals surface area (Å²) in [7, 11) is 3.66. The van der Waals surface area contributed by atoms with Crippen LogP contribution in [-0.2, 0) is 6.54 Å². The molecule has 44 heavy (non-hydrogen) atoms. The van der Waals surface area contributed by atoms with E-state index in [1.807, 2.05) is 6.07 Å². The number of halogens is 3. The fourth-order valence-electron chi connectivity index (χ4n) is 5.76. The van der Waals surface area contributed by atoms with Crippen molar-refractivity contribution in [3.63, 3.8) is 0 Å². The number of nitrogens with one attached hydrogen (secondary N) is 2. The highest BCUT2D eigenvalue weighted by Crippen LogP contribution is 2.38. The van der Waals surface area contributed by atoms with Crippen LogP contribution in [0, 0.1) is 0 Å². The Morgan fingerprint density at radius 2 is 1.64 bits per heavy atom. The molecule has 4 N–H and O–H groups in total. The van der Waals surface area contributed by atoms with Crippen LogP contribution in [0.25, 0.3) is 11.1 Å². The number of likely N-dealkylation sites (N-methyl/N-ethyl adjacent to an activating group) is 1. The summed E-state index contributed by atoms with van der Waals surface area (Å²) in [5.41, 5.74) is 9.85. The molecule has 4 rings (SSSR count). The van der Waals surface area contributed by atoms with Crippen LogP contribution < -0.4 is 21.3 Å². The zero-order chi connectivity index (χ0) is 31.7. The molecule has 7 nitrogen and oxygen atoms in total. The van der Waals surface area contributed by atoms with Gasteiger partial charge in [-0.25, -0.2) is 0 Å². The van der Waals surface area contributed by atoms with Crippen molar-refractivity contribution < 1.29 is 13.2 Å². The largest absolute Gasteiger partial charge is 0.417 e. The summed E-state index contributed by atoms with van der Waals surface area (Å²) >= 11 is 0. The highest BCUT2D eigenvalue weighted by atomic mass is 19.4. The van der Waals surface area contributed by atoms with Gasteiger partial charge in [-0.2, -0.15) is 13.2 Å². The van der Waals surface area contributed by atoms with Crippen molar-refractivity contribution >= 4 is 11.4 Å². The Morgan fingerprint density at radius 3 is 2.27 bits per heavy atom. The lowest BCUT2D eigenvalue weighted by Crippen LogP contribution is -2.47. The lowest BCUT2D eigenvalue weighted by molar-refractivity contribution is -0.0891. The Kier molecular flexibility index (Phi) is 11.7. The summed E-state index contributed by atoms with van der Waals surface area (Å²) in [5, 5.41) is 6.01. The van der Waals surface area contributed by atoms with Crippen LogP contribution in [0.2, 0.25) is 0 Å². The smallest absolute Gasteiger partial charge is 0.393 e. The van der Waals surface area contributed by atoms with Gasteiger partial charge >= 0.3 is 6.18 Å². The molecule has 0 spiro atoms. The predicted molar refractivity (Wildman–Crippen MR) is 177 cm³/mol. The van der Waals surface area contributed by atoms with Gasteiger partial charge < -0.3 is 26.2 Å². The molecule has 0 bridgehead atoms. The first-order valence-electron chi connectivity index (χ1n) is 15.2. The van der Waals surface area contributed by atoms with E-state index in [0.717, 1.165) is 94.4 Å². The van der Waals surface area contributed by atoms with Crippen molar-refractivity contribution in [2.75, 3.05) is 89.8 Å². The summed E-state index contributed by atoms with van der Waals surface area (Å²) in [6.45, 7) is 17.5. The number of hydrogen-bond acceptors (Lipinski definition) is 7. The molecule has 2 heterocycles. The van der Waals surface area contributed by atoms with Gasteiger partial charge in [-0.05, 0) is 48.0 Å². The summed E-state index contributed by atoms with van der Waals surface area (Å²) in [6, 6.07) is 14.7. The molecule has 0 atom stereocenters. The Hall–Kier alpha value is -3.57. The second-order valence-electron chi connectivity index (χ2n) is 11.4. The van der Waals surface area contributed by atoms with E-state index in [2.05, 4.69) is 86.8 Å².